The predicted octanol–water partition coefficient (Wildman–Crippen LogP) is 6.00. The second-order valence-corrected chi connectivity index (χ2v) is 8.47. The average molecular weight is 422 g/mol. The number of aromatic nitrogens is 2. The molecule has 1 aromatic carbocycles. The van der Waals surface area contributed by atoms with Gasteiger partial charge in [0, 0.05) is 18.1 Å². The molecule has 2 heterocycles. The number of carbonyl (C=O) groups excluding carboxylic acids is 1. The van der Waals surface area contributed by atoms with Crippen molar-refractivity contribution in [1.29, 1.82) is 0 Å². The van der Waals surface area contributed by atoms with E-state index in [0.29, 0.717) is 26.8 Å². The van der Waals surface area contributed by atoms with E-state index in [1.165, 1.54) is 30.0 Å². The van der Waals surface area contributed by atoms with Gasteiger partial charge in [-0.1, -0.05) is 29.4 Å². The molecule has 0 unspecified atom stereocenters. The zero-order valence-corrected chi connectivity index (χ0v) is 18.2. The first-order chi connectivity index (χ1) is 12.8. The van der Waals surface area contributed by atoms with E-state index in [4.69, 9.17) is 16.0 Å². The highest BCUT2D eigenvalue weighted by Crippen LogP contribution is 2.38. The molecule has 1 amide bonds. The molecule has 27 heavy (non-hydrogen) atoms. The lowest BCUT2D eigenvalue weighted by Gasteiger charge is -2.22. The molecule has 8 heteroatoms. The Bertz CT molecular complexity index is 954. The third-order valence-corrected chi connectivity index (χ3v) is 6.04. The van der Waals surface area contributed by atoms with Gasteiger partial charge in [-0.15, -0.1) is 11.3 Å². The Labute approximate surface area is 171 Å². The van der Waals surface area contributed by atoms with Crippen molar-refractivity contribution in [2.45, 2.75) is 45.6 Å². The Kier molecular flexibility index (Phi) is 5.93. The van der Waals surface area contributed by atoms with Crippen LogP contribution in [0.2, 0.25) is 5.02 Å². The smallest absolute Gasteiger partial charge is 0.256 e. The van der Waals surface area contributed by atoms with Gasteiger partial charge in [0.15, 0.2) is 5.13 Å². The first-order valence-corrected chi connectivity index (χ1v) is 10.6. The molecule has 2 aromatic heterocycles. The van der Waals surface area contributed by atoms with E-state index in [2.05, 4.69) is 9.97 Å². The first kappa shape index (κ1) is 19.9. The molecule has 5 nitrogen and oxygen atoms in total. The van der Waals surface area contributed by atoms with Crippen molar-refractivity contribution < 1.29 is 9.21 Å². The molecular formula is C19H20ClN3O2S2. The highest BCUT2D eigenvalue weighted by atomic mass is 35.5. The van der Waals surface area contributed by atoms with Crippen LogP contribution in [0.25, 0.3) is 0 Å². The second-order valence-electron chi connectivity index (χ2n) is 6.30. The minimum Gasteiger partial charge on any atom is -0.437 e. The number of thiazole rings is 1. The summed E-state index contributed by atoms with van der Waals surface area (Å²) in [5.74, 6) is 1.31. The number of halogens is 1. The zero-order chi connectivity index (χ0) is 19.7. The molecular weight excluding hydrogens is 402 g/mol. The van der Waals surface area contributed by atoms with Gasteiger partial charge in [0.2, 0.25) is 5.91 Å². The lowest BCUT2D eigenvalue weighted by atomic mass is 10.1. The molecule has 0 saturated carbocycles. The number of hydrogen-bond acceptors (Lipinski definition) is 6. The molecule has 3 rings (SSSR count). The number of aryl methyl sites for hydroxylation is 4. The fourth-order valence-electron chi connectivity index (χ4n) is 2.69. The van der Waals surface area contributed by atoms with E-state index in [0.717, 1.165) is 28.3 Å². The predicted molar refractivity (Wildman–Crippen MR) is 111 cm³/mol. The molecule has 142 valence electrons. The van der Waals surface area contributed by atoms with Crippen molar-refractivity contribution in [3.05, 3.63) is 50.8 Å². The number of carbonyl (C=O) groups is 1. The summed E-state index contributed by atoms with van der Waals surface area (Å²) in [6.45, 7) is 9.26. The number of thioether (sulfide) groups is 1. The van der Waals surface area contributed by atoms with Crippen molar-refractivity contribution in [1.82, 2.24) is 9.97 Å². The first-order valence-electron chi connectivity index (χ1n) is 8.35. The number of oxazole rings is 1. The summed E-state index contributed by atoms with van der Waals surface area (Å²) in [6, 6.07) is 3.87. The lowest BCUT2D eigenvalue weighted by Crippen LogP contribution is -2.24. The van der Waals surface area contributed by atoms with Crippen LogP contribution >= 0.6 is 34.7 Å². The van der Waals surface area contributed by atoms with Gasteiger partial charge in [-0.2, -0.15) is 0 Å². The Morgan fingerprint density at radius 3 is 2.59 bits per heavy atom. The molecule has 0 aliphatic rings. The van der Waals surface area contributed by atoms with Gasteiger partial charge < -0.3 is 4.42 Å². The van der Waals surface area contributed by atoms with Crippen LogP contribution in [0.3, 0.4) is 0 Å². The van der Waals surface area contributed by atoms with Crippen molar-refractivity contribution in [2.75, 3.05) is 4.90 Å². The van der Waals surface area contributed by atoms with E-state index < -0.39 is 0 Å². The number of anilines is 2. The minimum absolute atomic E-state index is 0.128. The molecule has 0 saturated heterocycles. The number of hydrogen-bond donors (Lipinski definition) is 0. The third kappa shape index (κ3) is 4.36. The van der Waals surface area contributed by atoms with Gasteiger partial charge in [0.1, 0.15) is 5.76 Å². The molecule has 0 fully saturated rings. The second kappa shape index (κ2) is 8.04. The van der Waals surface area contributed by atoms with Gasteiger partial charge in [-0.05, 0) is 44.9 Å². The number of rotatable bonds is 5. The SMILES string of the molecule is CC(=O)N(c1nc(CSc2nc(C)c(C)o2)cs1)c1c(C)cc(C)cc1Cl. The van der Waals surface area contributed by atoms with Crippen LogP contribution in [0.15, 0.2) is 27.2 Å². The average Bonchev–Trinajstić information content (AvgIpc) is 3.15. The number of benzene rings is 1. The monoisotopic (exact) mass is 421 g/mol. The lowest BCUT2D eigenvalue weighted by molar-refractivity contribution is -0.115. The number of amides is 1. The number of nitrogens with zero attached hydrogens (tertiary/aromatic N) is 3. The van der Waals surface area contributed by atoms with Gasteiger partial charge >= 0.3 is 0 Å². The van der Waals surface area contributed by atoms with E-state index in [1.807, 2.05) is 45.2 Å². The Hall–Kier alpha value is -1.83. The minimum atomic E-state index is -0.128. The maximum atomic E-state index is 12.4. The quantitative estimate of drug-likeness (QED) is 0.473. The summed E-state index contributed by atoms with van der Waals surface area (Å²) in [6.07, 6.45) is 0. The van der Waals surface area contributed by atoms with Crippen molar-refractivity contribution in [2.24, 2.45) is 0 Å². The van der Waals surface area contributed by atoms with Crippen LogP contribution in [0, 0.1) is 27.7 Å². The van der Waals surface area contributed by atoms with E-state index in [9.17, 15) is 4.79 Å². The highest BCUT2D eigenvalue weighted by molar-refractivity contribution is 7.98. The fourth-order valence-corrected chi connectivity index (χ4v) is 4.87. The van der Waals surface area contributed by atoms with E-state index >= 15 is 0 Å². The summed E-state index contributed by atoms with van der Waals surface area (Å²) in [7, 11) is 0. The standard InChI is InChI=1S/C19H20ClN3O2S2/c1-10-6-11(2)17(16(20)7-10)23(14(5)24)18-22-15(8-26-18)9-27-19-21-12(3)13(4)25-19/h6-8H,9H2,1-5H3. The third-order valence-electron chi connectivity index (χ3n) is 4.02. The highest BCUT2D eigenvalue weighted by Gasteiger charge is 2.22. The van der Waals surface area contributed by atoms with Crippen LogP contribution in [-0.2, 0) is 10.5 Å². The molecule has 0 radical (unpaired) electrons. The van der Waals surface area contributed by atoms with Crippen LogP contribution in [0.5, 0.6) is 0 Å². The van der Waals surface area contributed by atoms with E-state index in [-0.39, 0.29) is 5.91 Å². The molecule has 0 aliphatic carbocycles. The van der Waals surface area contributed by atoms with Crippen LogP contribution < -0.4 is 4.90 Å². The van der Waals surface area contributed by atoms with Gasteiger partial charge in [-0.25, -0.2) is 9.97 Å². The largest absolute Gasteiger partial charge is 0.437 e. The Balaban J connectivity index is 1.85. The van der Waals surface area contributed by atoms with Gasteiger partial charge in [0.25, 0.3) is 5.22 Å². The summed E-state index contributed by atoms with van der Waals surface area (Å²) in [5.41, 5.74) is 4.43. The Morgan fingerprint density at radius 2 is 2.00 bits per heavy atom. The van der Waals surface area contributed by atoms with Crippen LogP contribution in [0.4, 0.5) is 10.8 Å². The van der Waals surface area contributed by atoms with E-state index in [1.54, 1.807) is 4.90 Å². The molecule has 0 aliphatic heterocycles. The van der Waals surface area contributed by atoms with Crippen molar-refractivity contribution in [3.8, 4) is 0 Å². The van der Waals surface area contributed by atoms with Crippen molar-refractivity contribution >= 4 is 51.4 Å². The summed E-state index contributed by atoms with van der Waals surface area (Å²) < 4.78 is 5.59. The zero-order valence-electron chi connectivity index (χ0n) is 15.8. The summed E-state index contributed by atoms with van der Waals surface area (Å²) in [5, 5.41) is 3.71. The maximum absolute atomic E-state index is 12.4. The topological polar surface area (TPSA) is 59.2 Å². The maximum Gasteiger partial charge on any atom is 0.256 e. The normalized spacial score (nSPS) is 11.0. The van der Waals surface area contributed by atoms with Gasteiger partial charge in [-0.3, -0.25) is 9.69 Å². The Morgan fingerprint density at radius 1 is 1.26 bits per heavy atom. The van der Waals surface area contributed by atoms with Crippen molar-refractivity contribution in [3.63, 3.8) is 0 Å². The molecule has 0 atom stereocenters. The summed E-state index contributed by atoms with van der Waals surface area (Å²) >= 11 is 9.35. The molecule has 0 N–H and O–H groups in total. The molecule has 0 bridgehead atoms. The molecule has 0 spiro atoms. The molecule has 3 aromatic rings. The van der Waals surface area contributed by atoms with Crippen LogP contribution in [0.1, 0.15) is 35.2 Å². The van der Waals surface area contributed by atoms with Crippen LogP contribution in [-0.4, -0.2) is 15.9 Å². The fraction of sp³-hybridized carbons (Fsp3) is 0.316. The van der Waals surface area contributed by atoms with Gasteiger partial charge in [0.05, 0.1) is 22.1 Å². The summed E-state index contributed by atoms with van der Waals surface area (Å²) in [4.78, 5) is 22.9.